The van der Waals surface area contributed by atoms with Gasteiger partial charge in [0, 0.05) is 40.8 Å². The summed E-state index contributed by atoms with van der Waals surface area (Å²) in [5, 5.41) is 7.10. The van der Waals surface area contributed by atoms with Crippen molar-refractivity contribution in [1.29, 1.82) is 0 Å². The maximum atomic E-state index is 12.7. The van der Waals surface area contributed by atoms with Gasteiger partial charge in [0.1, 0.15) is 17.9 Å². The fraction of sp³-hybridized carbons (Fsp3) is 0.292. The van der Waals surface area contributed by atoms with E-state index in [1.807, 2.05) is 36.4 Å². The highest BCUT2D eigenvalue weighted by molar-refractivity contribution is 9.10. The average molecular weight is 496 g/mol. The molecular formula is C24H26BrN5O2. The van der Waals surface area contributed by atoms with Crippen LogP contribution in [0.3, 0.4) is 0 Å². The Labute approximate surface area is 196 Å². The number of rotatable bonds is 6. The predicted octanol–water partition coefficient (Wildman–Crippen LogP) is 5.13. The van der Waals surface area contributed by atoms with E-state index in [2.05, 4.69) is 48.4 Å². The molecule has 1 saturated heterocycles. The van der Waals surface area contributed by atoms with Gasteiger partial charge in [0.05, 0.1) is 18.3 Å². The Balaban J connectivity index is 1.60. The van der Waals surface area contributed by atoms with E-state index in [1.165, 1.54) is 11.9 Å². The van der Waals surface area contributed by atoms with E-state index in [0.29, 0.717) is 17.3 Å². The number of ether oxygens (including phenoxy) is 1. The lowest BCUT2D eigenvalue weighted by Crippen LogP contribution is -2.30. The van der Waals surface area contributed by atoms with Gasteiger partial charge in [-0.25, -0.2) is 9.97 Å². The van der Waals surface area contributed by atoms with E-state index >= 15 is 0 Å². The summed E-state index contributed by atoms with van der Waals surface area (Å²) in [5.74, 6) is 1.05. The topological polar surface area (TPSA) is 79.4 Å². The van der Waals surface area contributed by atoms with Crippen molar-refractivity contribution in [2.45, 2.75) is 19.8 Å². The van der Waals surface area contributed by atoms with Gasteiger partial charge in [-0.2, -0.15) is 0 Å². The van der Waals surface area contributed by atoms with Crippen molar-refractivity contribution in [3.63, 3.8) is 0 Å². The van der Waals surface area contributed by atoms with Gasteiger partial charge in [-0.15, -0.1) is 0 Å². The van der Waals surface area contributed by atoms with Crippen molar-refractivity contribution in [1.82, 2.24) is 14.9 Å². The first-order chi connectivity index (χ1) is 15.6. The number of hydrogen-bond acceptors (Lipinski definition) is 6. The van der Waals surface area contributed by atoms with E-state index in [4.69, 9.17) is 4.74 Å². The van der Waals surface area contributed by atoms with E-state index in [1.54, 1.807) is 13.2 Å². The van der Waals surface area contributed by atoms with Gasteiger partial charge >= 0.3 is 0 Å². The Hall–Kier alpha value is -2.97. The standard InChI is InChI=1S/C24H26BrN5O2/c1-3-30-9-7-16(8-10-30)11-23(31)29-21-13-19-20(14-22(21)32-2)26-15-27-24(19)28-18-6-4-5-17(25)12-18/h4-6,11-15H,3,7-10H2,1-2H3,(H,29,31)(H,26,27,28). The molecule has 32 heavy (non-hydrogen) atoms. The van der Waals surface area contributed by atoms with Crippen LogP contribution in [0, 0.1) is 0 Å². The molecule has 0 saturated carbocycles. The molecule has 8 heteroatoms. The van der Waals surface area contributed by atoms with Gasteiger partial charge in [0.15, 0.2) is 0 Å². The van der Waals surface area contributed by atoms with Gasteiger partial charge in [0.2, 0.25) is 5.91 Å². The maximum Gasteiger partial charge on any atom is 0.248 e. The monoisotopic (exact) mass is 495 g/mol. The molecule has 7 nitrogen and oxygen atoms in total. The Kier molecular flexibility index (Phi) is 7.02. The van der Waals surface area contributed by atoms with Crippen molar-refractivity contribution in [2.24, 2.45) is 0 Å². The number of anilines is 3. The van der Waals surface area contributed by atoms with E-state index < -0.39 is 0 Å². The van der Waals surface area contributed by atoms with Crippen LogP contribution in [0.25, 0.3) is 10.9 Å². The summed E-state index contributed by atoms with van der Waals surface area (Å²) < 4.78 is 6.48. The number of benzene rings is 2. The molecule has 166 valence electrons. The molecule has 0 bridgehead atoms. The molecule has 0 radical (unpaired) electrons. The summed E-state index contributed by atoms with van der Waals surface area (Å²) in [7, 11) is 1.58. The highest BCUT2D eigenvalue weighted by atomic mass is 79.9. The summed E-state index contributed by atoms with van der Waals surface area (Å²) in [4.78, 5) is 23.9. The molecule has 2 N–H and O–H groups in total. The number of carbonyl (C=O) groups is 1. The Morgan fingerprint density at radius 3 is 2.75 bits per heavy atom. The minimum Gasteiger partial charge on any atom is -0.494 e. The van der Waals surface area contributed by atoms with Gasteiger partial charge in [-0.3, -0.25) is 4.79 Å². The van der Waals surface area contributed by atoms with Gasteiger partial charge in [-0.05, 0) is 43.7 Å². The molecule has 2 aromatic carbocycles. The van der Waals surface area contributed by atoms with Crippen molar-refractivity contribution in [2.75, 3.05) is 37.4 Å². The first-order valence-corrected chi connectivity index (χ1v) is 11.4. The van der Waals surface area contributed by atoms with Crippen LogP contribution < -0.4 is 15.4 Å². The number of amides is 1. The largest absolute Gasteiger partial charge is 0.494 e. The number of nitrogens with one attached hydrogen (secondary N) is 2. The molecule has 4 rings (SSSR count). The van der Waals surface area contributed by atoms with Crippen LogP contribution in [0.1, 0.15) is 19.8 Å². The van der Waals surface area contributed by atoms with E-state index in [9.17, 15) is 4.79 Å². The smallest absolute Gasteiger partial charge is 0.248 e. The number of hydrogen-bond donors (Lipinski definition) is 2. The average Bonchev–Trinajstić information content (AvgIpc) is 2.79. The molecule has 0 unspecified atom stereocenters. The van der Waals surface area contributed by atoms with Gasteiger partial charge in [0.25, 0.3) is 0 Å². The van der Waals surface area contributed by atoms with Crippen LogP contribution in [0.2, 0.25) is 0 Å². The van der Waals surface area contributed by atoms with Crippen LogP contribution in [0.5, 0.6) is 5.75 Å². The summed E-state index contributed by atoms with van der Waals surface area (Å²) in [6.45, 7) is 5.21. The quantitative estimate of drug-likeness (QED) is 0.461. The van der Waals surface area contributed by atoms with Crippen LogP contribution in [0.15, 0.2) is 58.8 Å². The number of nitrogens with zero attached hydrogens (tertiary/aromatic N) is 3. The number of piperidine rings is 1. The van der Waals surface area contributed by atoms with Gasteiger partial charge < -0.3 is 20.3 Å². The molecule has 0 spiro atoms. The molecule has 3 aromatic rings. The third-order valence-corrected chi connectivity index (χ3v) is 6.08. The minimum absolute atomic E-state index is 0.152. The van der Waals surface area contributed by atoms with Crippen molar-refractivity contribution in [3.05, 3.63) is 58.8 Å². The third kappa shape index (κ3) is 5.26. The van der Waals surface area contributed by atoms with Crippen LogP contribution in [-0.4, -0.2) is 47.5 Å². The number of fused-ring (bicyclic) bond motifs is 1. The third-order valence-electron chi connectivity index (χ3n) is 5.58. The fourth-order valence-electron chi connectivity index (χ4n) is 3.81. The molecule has 1 aromatic heterocycles. The van der Waals surface area contributed by atoms with Crippen LogP contribution in [-0.2, 0) is 4.79 Å². The molecule has 1 aliphatic heterocycles. The molecule has 2 heterocycles. The zero-order chi connectivity index (χ0) is 22.5. The van der Waals surface area contributed by atoms with Crippen molar-refractivity contribution in [3.8, 4) is 5.75 Å². The number of carbonyl (C=O) groups excluding carboxylic acids is 1. The molecule has 1 fully saturated rings. The lowest BCUT2D eigenvalue weighted by atomic mass is 10.0. The molecule has 0 aliphatic carbocycles. The minimum atomic E-state index is -0.152. The number of aromatic nitrogens is 2. The zero-order valence-corrected chi connectivity index (χ0v) is 19.8. The summed E-state index contributed by atoms with van der Waals surface area (Å²) in [6, 6.07) is 11.5. The lowest BCUT2D eigenvalue weighted by molar-refractivity contribution is -0.112. The summed E-state index contributed by atoms with van der Waals surface area (Å²) >= 11 is 3.49. The maximum absolute atomic E-state index is 12.7. The highest BCUT2D eigenvalue weighted by Crippen LogP contribution is 2.33. The Bertz CT molecular complexity index is 1150. The van der Waals surface area contributed by atoms with Crippen LogP contribution >= 0.6 is 15.9 Å². The summed E-state index contributed by atoms with van der Waals surface area (Å²) in [5.41, 5.74) is 3.37. The predicted molar refractivity (Wildman–Crippen MR) is 132 cm³/mol. The number of halogens is 1. The zero-order valence-electron chi connectivity index (χ0n) is 18.2. The van der Waals surface area contributed by atoms with E-state index in [-0.39, 0.29) is 5.91 Å². The fourth-order valence-corrected chi connectivity index (χ4v) is 4.21. The Morgan fingerprint density at radius 1 is 1.22 bits per heavy atom. The molecule has 0 atom stereocenters. The van der Waals surface area contributed by atoms with E-state index in [0.717, 1.165) is 53.5 Å². The second-order valence-corrected chi connectivity index (χ2v) is 8.57. The van der Waals surface area contributed by atoms with Crippen molar-refractivity contribution >= 4 is 49.9 Å². The number of methoxy groups -OCH3 is 1. The van der Waals surface area contributed by atoms with Gasteiger partial charge in [-0.1, -0.05) is 34.5 Å². The van der Waals surface area contributed by atoms with Crippen LogP contribution in [0.4, 0.5) is 17.2 Å². The second-order valence-electron chi connectivity index (χ2n) is 7.65. The molecule has 1 amide bonds. The highest BCUT2D eigenvalue weighted by Gasteiger charge is 2.15. The number of likely N-dealkylation sites (tertiary alicyclic amines) is 1. The first kappa shape index (κ1) is 22.2. The SMILES string of the molecule is CCN1CCC(=CC(=O)Nc2cc3c(Nc4cccc(Br)c4)ncnc3cc2OC)CC1. The molecule has 1 aliphatic rings. The van der Waals surface area contributed by atoms with Crippen molar-refractivity contribution < 1.29 is 9.53 Å². The first-order valence-electron chi connectivity index (χ1n) is 10.6. The Morgan fingerprint density at radius 2 is 2.03 bits per heavy atom. The lowest BCUT2D eigenvalue weighted by Gasteiger charge is -2.26. The normalized spacial score (nSPS) is 14.3. The summed E-state index contributed by atoms with van der Waals surface area (Å²) in [6.07, 6.45) is 5.07. The second kappa shape index (κ2) is 10.1. The molecular weight excluding hydrogens is 470 g/mol.